The monoisotopic (exact) mass is 242 g/mol. The van der Waals surface area contributed by atoms with Gasteiger partial charge in [-0.2, -0.15) is 0 Å². The summed E-state index contributed by atoms with van der Waals surface area (Å²) in [6.45, 7) is 6.15. The quantitative estimate of drug-likeness (QED) is 0.842. The molecule has 94 valence electrons. The molecule has 0 saturated heterocycles. The van der Waals surface area contributed by atoms with Crippen molar-refractivity contribution in [3.05, 3.63) is 59.2 Å². The molecule has 0 heterocycles. The summed E-state index contributed by atoms with van der Waals surface area (Å²) in [5.74, 6) is 0.594. The van der Waals surface area contributed by atoms with Crippen LogP contribution in [0.25, 0.3) is 0 Å². The van der Waals surface area contributed by atoms with Crippen LogP contribution >= 0.6 is 0 Å². The van der Waals surface area contributed by atoms with Crippen LogP contribution in [0.2, 0.25) is 0 Å². The minimum absolute atomic E-state index is 0.161. The van der Waals surface area contributed by atoms with Crippen LogP contribution in [0.4, 0.5) is 0 Å². The van der Waals surface area contributed by atoms with E-state index in [4.69, 9.17) is 0 Å². The molecule has 2 aromatic carbocycles. The summed E-state index contributed by atoms with van der Waals surface area (Å²) in [6.07, 6.45) is 0. The highest BCUT2D eigenvalue weighted by Crippen LogP contribution is 2.34. The zero-order valence-electron chi connectivity index (χ0n) is 10.9. The van der Waals surface area contributed by atoms with Crippen molar-refractivity contribution in [2.24, 2.45) is 0 Å². The summed E-state index contributed by atoms with van der Waals surface area (Å²) in [6, 6.07) is 12.9. The number of aromatic hydroxyl groups is 2. The lowest BCUT2D eigenvalue weighted by atomic mass is 9.77. The van der Waals surface area contributed by atoms with Gasteiger partial charge in [0.05, 0.1) is 0 Å². The SMILES string of the molecule is Cc1cc(C(C)(C)c2ccc(O)cc2)ccc1O. The van der Waals surface area contributed by atoms with E-state index in [1.807, 2.05) is 31.2 Å². The van der Waals surface area contributed by atoms with Gasteiger partial charge in [-0.1, -0.05) is 38.1 Å². The van der Waals surface area contributed by atoms with Crippen LogP contribution in [-0.4, -0.2) is 10.2 Å². The average Bonchev–Trinajstić information content (AvgIpc) is 2.33. The van der Waals surface area contributed by atoms with Crippen molar-refractivity contribution in [3.8, 4) is 11.5 Å². The minimum atomic E-state index is -0.161. The van der Waals surface area contributed by atoms with Gasteiger partial charge in [0.1, 0.15) is 11.5 Å². The van der Waals surface area contributed by atoms with E-state index in [0.717, 1.165) is 16.7 Å². The predicted molar refractivity (Wildman–Crippen MR) is 73.1 cm³/mol. The fourth-order valence-corrected chi connectivity index (χ4v) is 2.09. The Hall–Kier alpha value is -1.96. The standard InChI is InChI=1S/C16H18O2/c1-11-10-13(6-9-15(11)18)16(2,3)12-4-7-14(17)8-5-12/h4-10,17-18H,1-3H3. The maximum atomic E-state index is 9.58. The van der Waals surface area contributed by atoms with Crippen LogP contribution in [-0.2, 0) is 5.41 Å². The van der Waals surface area contributed by atoms with E-state index in [1.165, 1.54) is 0 Å². The van der Waals surface area contributed by atoms with E-state index >= 15 is 0 Å². The molecule has 2 nitrogen and oxygen atoms in total. The summed E-state index contributed by atoms with van der Waals surface area (Å²) in [5.41, 5.74) is 2.99. The lowest BCUT2D eigenvalue weighted by Gasteiger charge is -2.26. The second-order valence-electron chi connectivity index (χ2n) is 5.17. The summed E-state index contributed by atoms with van der Waals surface area (Å²) in [7, 11) is 0. The van der Waals surface area contributed by atoms with Crippen LogP contribution in [0.5, 0.6) is 11.5 Å². The number of rotatable bonds is 2. The molecule has 0 fully saturated rings. The zero-order valence-corrected chi connectivity index (χ0v) is 10.9. The second-order valence-corrected chi connectivity index (χ2v) is 5.17. The highest BCUT2D eigenvalue weighted by molar-refractivity contribution is 5.44. The first-order valence-corrected chi connectivity index (χ1v) is 6.01. The van der Waals surface area contributed by atoms with E-state index in [2.05, 4.69) is 13.8 Å². The minimum Gasteiger partial charge on any atom is -0.508 e. The van der Waals surface area contributed by atoms with Crippen LogP contribution in [0.15, 0.2) is 42.5 Å². The molecule has 0 bridgehead atoms. The molecule has 0 unspecified atom stereocenters. The van der Waals surface area contributed by atoms with Crippen molar-refractivity contribution in [2.75, 3.05) is 0 Å². The first-order valence-electron chi connectivity index (χ1n) is 6.01. The highest BCUT2D eigenvalue weighted by Gasteiger charge is 2.23. The molecule has 2 rings (SSSR count). The molecule has 2 heteroatoms. The lowest BCUT2D eigenvalue weighted by molar-refractivity contribution is 0.470. The first-order chi connectivity index (χ1) is 8.41. The number of benzene rings is 2. The third-order valence-corrected chi connectivity index (χ3v) is 3.51. The van der Waals surface area contributed by atoms with Crippen LogP contribution in [0.1, 0.15) is 30.5 Å². The van der Waals surface area contributed by atoms with E-state index in [-0.39, 0.29) is 11.2 Å². The van der Waals surface area contributed by atoms with Gasteiger partial charge >= 0.3 is 0 Å². The largest absolute Gasteiger partial charge is 0.508 e. The predicted octanol–water partition coefficient (Wildman–Crippen LogP) is 3.73. The average molecular weight is 242 g/mol. The molecule has 2 aromatic rings. The summed E-state index contributed by atoms with van der Waals surface area (Å²) >= 11 is 0. The van der Waals surface area contributed by atoms with Gasteiger partial charge in [0.15, 0.2) is 0 Å². The Bertz CT molecular complexity index is 554. The molecular formula is C16H18O2. The van der Waals surface area contributed by atoms with Gasteiger partial charge in [-0.3, -0.25) is 0 Å². The van der Waals surface area contributed by atoms with Crippen molar-refractivity contribution in [1.29, 1.82) is 0 Å². The molecule has 2 N–H and O–H groups in total. The van der Waals surface area contributed by atoms with Gasteiger partial charge in [0, 0.05) is 5.41 Å². The molecule has 0 aliphatic rings. The van der Waals surface area contributed by atoms with Gasteiger partial charge in [-0.15, -0.1) is 0 Å². The molecule has 0 spiro atoms. The molecule has 0 amide bonds. The van der Waals surface area contributed by atoms with Crippen LogP contribution in [0, 0.1) is 6.92 Å². The number of phenolic OH excluding ortho intramolecular Hbond substituents is 2. The van der Waals surface area contributed by atoms with Crippen LogP contribution < -0.4 is 0 Å². The van der Waals surface area contributed by atoms with E-state index in [1.54, 1.807) is 18.2 Å². The van der Waals surface area contributed by atoms with Gasteiger partial charge in [-0.25, -0.2) is 0 Å². The normalized spacial score (nSPS) is 11.5. The molecule has 0 radical (unpaired) electrons. The Labute approximate surface area is 108 Å². The zero-order chi connectivity index (χ0) is 13.3. The number of aryl methyl sites for hydroxylation is 1. The van der Waals surface area contributed by atoms with E-state index in [9.17, 15) is 10.2 Å². The maximum Gasteiger partial charge on any atom is 0.118 e. The molecule has 18 heavy (non-hydrogen) atoms. The molecule has 0 aromatic heterocycles. The Morgan fingerprint density at radius 2 is 1.39 bits per heavy atom. The molecular weight excluding hydrogens is 224 g/mol. The van der Waals surface area contributed by atoms with Crippen molar-refractivity contribution in [1.82, 2.24) is 0 Å². The van der Waals surface area contributed by atoms with E-state index < -0.39 is 0 Å². The summed E-state index contributed by atoms with van der Waals surface area (Å²) < 4.78 is 0. The van der Waals surface area contributed by atoms with Gasteiger partial charge in [0.25, 0.3) is 0 Å². The highest BCUT2D eigenvalue weighted by atomic mass is 16.3. The third kappa shape index (κ3) is 2.19. The fourth-order valence-electron chi connectivity index (χ4n) is 2.09. The molecule has 0 atom stereocenters. The van der Waals surface area contributed by atoms with Gasteiger partial charge in [-0.05, 0) is 41.8 Å². The van der Waals surface area contributed by atoms with Crippen LogP contribution in [0.3, 0.4) is 0 Å². The Kier molecular flexibility index (Phi) is 3.04. The lowest BCUT2D eigenvalue weighted by Crippen LogP contribution is -2.18. The smallest absolute Gasteiger partial charge is 0.118 e. The maximum absolute atomic E-state index is 9.58. The number of phenols is 2. The molecule has 0 aliphatic carbocycles. The van der Waals surface area contributed by atoms with E-state index in [0.29, 0.717) is 5.75 Å². The summed E-state index contributed by atoms with van der Waals surface area (Å²) in [5, 5.41) is 18.9. The molecule has 0 saturated carbocycles. The van der Waals surface area contributed by atoms with Crippen molar-refractivity contribution < 1.29 is 10.2 Å². The van der Waals surface area contributed by atoms with Crippen molar-refractivity contribution in [3.63, 3.8) is 0 Å². The Morgan fingerprint density at radius 1 is 0.833 bits per heavy atom. The number of hydrogen-bond donors (Lipinski definition) is 2. The number of hydrogen-bond acceptors (Lipinski definition) is 2. The van der Waals surface area contributed by atoms with Gasteiger partial charge < -0.3 is 10.2 Å². The van der Waals surface area contributed by atoms with Crippen molar-refractivity contribution >= 4 is 0 Å². The first kappa shape index (κ1) is 12.5. The third-order valence-electron chi connectivity index (χ3n) is 3.51. The topological polar surface area (TPSA) is 40.5 Å². The molecule has 0 aliphatic heterocycles. The fraction of sp³-hybridized carbons (Fsp3) is 0.250. The Balaban J connectivity index is 2.46. The second kappa shape index (κ2) is 4.37. The van der Waals surface area contributed by atoms with Gasteiger partial charge in [0.2, 0.25) is 0 Å². The van der Waals surface area contributed by atoms with Crippen molar-refractivity contribution in [2.45, 2.75) is 26.2 Å². The Morgan fingerprint density at radius 3 is 1.94 bits per heavy atom. The summed E-state index contributed by atoms with van der Waals surface area (Å²) in [4.78, 5) is 0.